The number of amides is 1. The van der Waals surface area contributed by atoms with Crippen LogP contribution in [0.3, 0.4) is 0 Å². The summed E-state index contributed by atoms with van der Waals surface area (Å²) in [7, 11) is 0. The maximum Gasteiger partial charge on any atom is 0.260 e. The summed E-state index contributed by atoms with van der Waals surface area (Å²) in [5.74, 6) is 1.46. The van der Waals surface area contributed by atoms with Crippen molar-refractivity contribution in [1.29, 1.82) is 0 Å². The molecule has 0 spiro atoms. The van der Waals surface area contributed by atoms with Crippen molar-refractivity contribution in [2.45, 2.75) is 46.6 Å². The Labute approximate surface area is 177 Å². The van der Waals surface area contributed by atoms with E-state index < -0.39 is 0 Å². The lowest BCUT2D eigenvalue weighted by Crippen LogP contribution is -2.34. The van der Waals surface area contributed by atoms with E-state index in [1.807, 2.05) is 62.4 Å². The van der Waals surface area contributed by atoms with Gasteiger partial charge in [0.2, 0.25) is 11.7 Å². The maximum absolute atomic E-state index is 12.6. The number of carbonyl (C=O) groups excluding carboxylic acids is 1. The third-order valence-electron chi connectivity index (χ3n) is 4.89. The fraction of sp³-hybridized carbons (Fsp3) is 0.375. The largest absolute Gasteiger partial charge is 0.484 e. The molecule has 0 saturated heterocycles. The first-order valence-electron chi connectivity index (χ1n) is 10.2. The summed E-state index contributed by atoms with van der Waals surface area (Å²) in [6, 6.07) is 15.8. The summed E-state index contributed by atoms with van der Waals surface area (Å²) in [6.45, 7) is 11.1. The molecule has 2 aromatic carbocycles. The molecule has 30 heavy (non-hydrogen) atoms. The summed E-state index contributed by atoms with van der Waals surface area (Å²) >= 11 is 0. The standard InChI is InChI=1S/C24H29N3O3/c1-6-27(15-21-25-23(26-30-21)18-9-7-8-17(2)14-18)22(28)16-29-20-12-10-19(11-13-20)24(3,4)5/h7-14H,6,15-16H2,1-5H3. The van der Waals surface area contributed by atoms with Crippen LogP contribution in [0.2, 0.25) is 0 Å². The van der Waals surface area contributed by atoms with E-state index in [9.17, 15) is 4.79 Å². The van der Waals surface area contributed by atoms with Crippen molar-refractivity contribution in [3.05, 3.63) is 65.5 Å². The van der Waals surface area contributed by atoms with Gasteiger partial charge in [-0.3, -0.25) is 4.79 Å². The summed E-state index contributed by atoms with van der Waals surface area (Å²) in [5, 5.41) is 4.04. The van der Waals surface area contributed by atoms with Crippen LogP contribution >= 0.6 is 0 Å². The molecule has 158 valence electrons. The number of rotatable bonds is 7. The van der Waals surface area contributed by atoms with E-state index >= 15 is 0 Å². The zero-order chi connectivity index (χ0) is 21.7. The highest BCUT2D eigenvalue weighted by molar-refractivity contribution is 5.77. The van der Waals surface area contributed by atoms with Crippen LogP contribution in [-0.2, 0) is 16.8 Å². The Morgan fingerprint density at radius 1 is 1.13 bits per heavy atom. The van der Waals surface area contributed by atoms with Gasteiger partial charge in [-0.05, 0) is 43.0 Å². The highest BCUT2D eigenvalue weighted by Gasteiger charge is 2.18. The average Bonchev–Trinajstić information content (AvgIpc) is 3.18. The molecule has 3 rings (SSSR count). The number of benzene rings is 2. The van der Waals surface area contributed by atoms with E-state index in [1.165, 1.54) is 5.56 Å². The molecule has 0 unspecified atom stereocenters. The second kappa shape index (κ2) is 9.11. The highest BCUT2D eigenvalue weighted by atomic mass is 16.5. The number of ether oxygens (including phenoxy) is 1. The molecule has 0 atom stereocenters. The molecule has 0 bridgehead atoms. The van der Waals surface area contributed by atoms with Crippen molar-refractivity contribution in [3.8, 4) is 17.1 Å². The highest BCUT2D eigenvalue weighted by Crippen LogP contribution is 2.24. The first kappa shape index (κ1) is 21.6. The second-order valence-corrected chi connectivity index (χ2v) is 8.35. The Balaban J connectivity index is 1.59. The minimum Gasteiger partial charge on any atom is -0.484 e. The minimum atomic E-state index is -0.132. The minimum absolute atomic E-state index is 0.0401. The van der Waals surface area contributed by atoms with Gasteiger partial charge in [-0.15, -0.1) is 0 Å². The van der Waals surface area contributed by atoms with E-state index in [1.54, 1.807) is 4.90 Å². The van der Waals surface area contributed by atoms with Crippen molar-refractivity contribution in [2.24, 2.45) is 0 Å². The quantitative estimate of drug-likeness (QED) is 0.564. The molecule has 6 heteroatoms. The molecule has 0 aliphatic heterocycles. The molecule has 3 aromatic rings. The van der Waals surface area contributed by atoms with Gasteiger partial charge in [0, 0.05) is 12.1 Å². The Morgan fingerprint density at radius 3 is 2.50 bits per heavy atom. The number of aromatic nitrogens is 2. The third-order valence-corrected chi connectivity index (χ3v) is 4.89. The number of likely N-dealkylation sites (N-methyl/N-ethyl adjacent to an activating group) is 1. The Hall–Kier alpha value is -3.15. The van der Waals surface area contributed by atoms with Gasteiger partial charge in [0.05, 0.1) is 0 Å². The molecule has 0 N–H and O–H groups in total. The van der Waals surface area contributed by atoms with E-state index in [0.717, 1.165) is 11.1 Å². The van der Waals surface area contributed by atoms with Crippen molar-refractivity contribution >= 4 is 5.91 Å². The van der Waals surface area contributed by atoms with Crippen LogP contribution in [0.5, 0.6) is 5.75 Å². The van der Waals surface area contributed by atoms with Crippen LogP contribution in [0.1, 0.15) is 44.7 Å². The van der Waals surface area contributed by atoms with Crippen LogP contribution < -0.4 is 4.74 Å². The van der Waals surface area contributed by atoms with Crippen molar-refractivity contribution in [1.82, 2.24) is 15.0 Å². The molecular weight excluding hydrogens is 378 g/mol. The van der Waals surface area contributed by atoms with Crippen LogP contribution in [0.15, 0.2) is 53.1 Å². The lowest BCUT2D eigenvalue weighted by atomic mass is 9.87. The van der Waals surface area contributed by atoms with Crippen molar-refractivity contribution in [3.63, 3.8) is 0 Å². The summed E-state index contributed by atoms with van der Waals surface area (Å²) in [5.41, 5.74) is 3.31. The number of carbonyl (C=O) groups is 1. The average molecular weight is 408 g/mol. The molecule has 1 amide bonds. The van der Waals surface area contributed by atoms with Gasteiger partial charge in [-0.25, -0.2) is 0 Å². The molecule has 0 aliphatic carbocycles. The first-order chi connectivity index (χ1) is 14.3. The zero-order valence-corrected chi connectivity index (χ0v) is 18.3. The SMILES string of the molecule is CCN(Cc1nc(-c2cccc(C)c2)no1)C(=O)COc1ccc(C(C)(C)C)cc1. The fourth-order valence-corrected chi connectivity index (χ4v) is 3.05. The first-order valence-corrected chi connectivity index (χ1v) is 10.2. The topological polar surface area (TPSA) is 68.5 Å². The second-order valence-electron chi connectivity index (χ2n) is 8.35. The molecule has 6 nitrogen and oxygen atoms in total. The van der Waals surface area contributed by atoms with Crippen LogP contribution in [0.4, 0.5) is 0 Å². The third kappa shape index (κ3) is 5.47. The summed E-state index contributed by atoms with van der Waals surface area (Å²) in [4.78, 5) is 18.7. The molecular formula is C24H29N3O3. The predicted octanol–water partition coefficient (Wildman–Crippen LogP) is 4.77. The Bertz CT molecular complexity index is 987. The van der Waals surface area contributed by atoms with Gasteiger partial charge >= 0.3 is 0 Å². The summed E-state index contributed by atoms with van der Waals surface area (Å²) in [6.07, 6.45) is 0. The van der Waals surface area contributed by atoms with E-state index in [2.05, 4.69) is 30.9 Å². The Morgan fingerprint density at radius 2 is 1.87 bits per heavy atom. The maximum atomic E-state index is 12.6. The normalized spacial score (nSPS) is 11.4. The van der Waals surface area contributed by atoms with Crippen LogP contribution in [0.25, 0.3) is 11.4 Å². The molecule has 1 aromatic heterocycles. The zero-order valence-electron chi connectivity index (χ0n) is 18.3. The lowest BCUT2D eigenvalue weighted by Gasteiger charge is -2.20. The van der Waals surface area contributed by atoms with Gasteiger partial charge in [-0.2, -0.15) is 4.98 Å². The van der Waals surface area contributed by atoms with E-state index in [0.29, 0.717) is 24.0 Å². The molecule has 0 radical (unpaired) electrons. The lowest BCUT2D eigenvalue weighted by molar-refractivity contribution is -0.134. The number of nitrogens with zero attached hydrogens (tertiary/aromatic N) is 3. The van der Waals surface area contributed by atoms with Gasteiger partial charge in [0.25, 0.3) is 5.91 Å². The number of aryl methyl sites for hydroxylation is 1. The van der Waals surface area contributed by atoms with Gasteiger partial charge in [-0.1, -0.05) is 61.8 Å². The molecule has 1 heterocycles. The molecule has 0 aliphatic rings. The van der Waals surface area contributed by atoms with Crippen molar-refractivity contribution < 1.29 is 14.1 Å². The summed E-state index contributed by atoms with van der Waals surface area (Å²) < 4.78 is 11.0. The monoisotopic (exact) mass is 407 g/mol. The number of hydrogen-bond acceptors (Lipinski definition) is 5. The predicted molar refractivity (Wildman–Crippen MR) is 116 cm³/mol. The van der Waals surface area contributed by atoms with E-state index in [4.69, 9.17) is 9.26 Å². The number of hydrogen-bond donors (Lipinski definition) is 0. The van der Waals surface area contributed by atoms with Gasteiger partial charge < -0.3 is 14.2 Å². The van der Waals surface area contributed by atoms with Crippen LogP contribution in [0, 0.1) is 6.92 Å². The smallest absolute Gasteiger partial charge is 0.260 e. The fourth-order valence-electron chi connectivity index (χ4n) is 3.05. The Kier molecular flexibility index (Phi) is 6.55. The van der Waals surface area contributed by atoms with Crippen molar-refractivity contribution in [2.75, 3.05) is 13.2 Å². The van der Waals surface area contributed by atoms with Gasteiger partial charge in [0.1, 0.15) is 12.3 Å². The van der Waals surface area contributed by atoms with Crippen LogP contribution in [-0.4, -0.2) is 34.1 Å². The molecule has 0 saturated carbocycles. The van der Waals surface area contributed by atoms with Gasteiger partial charge in [0.15, 0.2) is 6.61 Å². The van der Waals surface area contributed by atoms with E-state index in [-0.39, 0.29) is 24.5 Å². The molecule has 0 fully saturated rings.